The Balaban J connectivity index is 1.87. The van der Waals surface area contributed by atoms with Crippen molar-refractivity contribution in [3.63, 3.8) is 0 Å². The van der Waals surface area contributed by atoms with Crippen LogP contribution in [0.25, 0.3) is 21.9 Å². The first-order valence-corrected chi connectivity index (χ1v) is 11.7. The Morgan fingerprint density at radius 1 is 0.970 bits per heavy atom. The molecule has 0 aliphatic heterocycles. The van der Waals surface area contributed by atoms with Gasteiger partial charge in [0.2, 0.25) is 9.84 Å². The summed E-state index contributed by atoms with van der Waals surface area (Å²) >= 11 is 6.20. The minimum absolute atomic E-state index is 0.154. The maximum Gasteiger partial charge on any atom is 0.307 e. The summed E-state index contributed by atoms with van der Waals surface area (Å²) in [4.78, 5) is 10.6. The van der Waals surface area contributed by atoms with Crippen LogP contribution >= 0.6 is 11.6 Å². The van der Waals surface area contributed by atoms with Crippen molar-refractivity contribution in [1.82, 2.24) is 0 Å². The van der Waals surface area contributed by atoms with Crippen LogP contribution in [0.3, 0.4) is 0 Å². The summed E-state index contributed by atoms with van der Waals surface area (Å²) in [6, 6.07) is 15.2. The molecule has 1 N–H and O–H groups in total. The molecule has 0 unspecified atom stereocenters. The molecule has 168 valence electrons. The second-order valence-corrected chi connectivity index (χ2v) is 9.93. The van der Waals surface area contributed by atoms with E-state index in [9.17, 15) is 27.1 Å². The van der Waals surface area contributed by atoms with E-state index in [1.54, 1.807) is 43.3 Å². The van der Waals surface area contributed by atoms with Crippen molar-refractivity contribution in [2.45, 2.75) is 23.1 Å². The summed E-state index contributed by atoms with van der Waals surface area (Å²) in [6.45, 7) is 1.80. The fourth-order valence-corrected chi connectivity index (χ4v) is 5.35. The van der Waals surface area contributed by atoms with Crippen LogP contribution in [0, 0.1) is 18.6 Å². The number of benzene rings is 4. The van der Waals surface area contributed by atoms with Gasteiger partial charge in [0.1, 0.15) is 16.5 Å². The van der Waals surface area contributed by atoms with Gasteiger partial charge in [0, 0.05) is 11.1 Å². The maximum absolute atomic E-state index is 14.1. The van der Waals surface area contributed by atoms with Gasteiger partial charge in [-0.3, -0.25) is 4.79 Å². The number of rotatable bonds is 5. The molecule has 4 aromatic rings. The Labute approximate surface area is 194 Å². The van der Waals surface area contributed by atoms with Crippen LogP contribution in [0.15, 0.2) is 76.5 Å². The highest BCUT2D eigenvalue weighted by Crippen LogP contribution is 2.37. The van der Waals surface area contributed by atoms with Crippen molar-refractivity contribution in [1.29, 1.82) is 0 Å². The molecule has 0 heterocycles. The van der Waals surface area contributed by atoms with Crippen LogP contribution in [-0.2, 0) is 21.1 Å². The number of carbonyl (C=O) groups is 1. The molecule has 0 spiro atoms. The van der Waals surface area contributed by atoms with Crippen molar-refractivity contribution in [2.75, 3.05) is 0 Å². The van der Waals surface area contributed by atoms with Crippen molar-refractivity contribution in [3.05, 3.63) is 94.5 Å². The first-order valence-electron chi connectivity index (χ1n) is 9.82. The van der Waals surface area contributed by atoms with E-state index in [0.717, 1.165) is 34.0 Å². The van der Waals surface area contributed by atoms with Gasteiger partial charge in [0.05, 0.1) is 11.3 Å². The smallest absolute Gasteiger partial charge is 0.307 e. The second kappa shape index (κ2) is 8.57. The molecule has 0 fully saturated rings. The molecule has 0 aliphatic rings. The summed E-state index contributed by atoms with van der Waals surface area (Å²) in [7, 11) is -4.21. The van der Waals surface area contributed by atoms with Gasteiger partial charge < -0.3 is 5.11 Å². The zero-order chi connectivity index (χ0) is 23.9. The predicted octanol–water partition coefficient (Wildman–Crippen LogP) is 6.21. The second-order valence-electron chi connectivity index (χ2n) is 7.57. The van der Waals surface area contributed by atoms with Gasteiger partial charge in [0.25, 0.3) is 0 Å². The van der Waals surface area contributed by atoms with Gasteiger partial charge in [-0.2, -0.15) is 0 Å². The lowest BCUT2D eigenvalue weighted by Gasteiger charge is -2.16. The van der Waals surface area contributed by atoms with Crippen LogP contribution in [0.4, 0.5) is 8.78 Å². The van der Waals surface area contributed by atoms with Gasteiger partial charge in [-0.25, -0.2) is 17.2 Å². The van der Waals surface area contributed by atoms with Crippen LogP contribution in [0.2, 0.25) is 5.02 Å². The highest BCUT2D eigenvalue weighted by atomic mass is 35.5. The van der Waals surface area contributed by atoms with Crippen LogP contribution in [0.1, 0.15) is 11.1 Å². The fraction of sp³-hybridized carbons (Fsp3) is 0.0800. The summed E-state index contributed by atoms with van der Waals surface area (Å²) in [5, 5.41) is 11.4. The quantitative estimate of drug-likeness (QED) is 0.340. The van der Waals surface area contributed by atoms with E-state index in [2.05, 4.69) is 0 Å². The molecule has 0 atom stereocenters. The SMILES string of the molecule is Cc1c(CC(=O)O)cc2ccc(Cl)cc2c1-c1ccc(S(=O)(=O)c2ccc(F)cc2F)cc1. The molecule has 0 bridgehead atoms. The summed E-state index contributed by atoms with van der Waals surface area (Å²) < 4.78 is 53.0. The van der Waals surface area contributed by atoms with E-state index in [1.165, 1.54) is 12.1 Å². The molecule has 0 amide bonds. The third kappa shape index (κ3) is 4.34. The molecule has 33 heavy (non-hydrogen) atoms. The zero-order valence-electron chi connectivity index (χ0n) is 17.3. The van der Waals surface area contributed by atoms with Crippen LogP contribution in [0.5, 0.6) is 0 Å². The molecule has 4 nitrogen and oxygen atoms in total. The fourth-order valence-electron chi connectivity index (χ4n) is 3.87. The van der Waals surface area contributed by atoms with Gasteiger partial charge in [-0.1, -0.05) is 35.9 Å². The Bertz CT molecular complexity index is 1510. The monoisotopic (exact) mass is 486 g/mol. The zero-order valence-corrected chi connectivity index (χ0v) is 18.8. The van der Waals surface area contributed by atoms with E-state index < -0.39 is 32.3 Å². The number of halogens is 3. The highest BCUT2D eigenvalue weighted by molar-refractivity contribution is 7.91. The highest BCUT2D eigenvalue weighted by Gasteiger charge is 2.23. The van der Waals surface area contributed by atoms with Gasteiger partial charge in [-0.05, 0) is 76.3 Å². The average Bonchev–Trinajstić information content (AvgIpc) is 2.74. The Kier molecular flexibility index (Phi) is 5.95. The minimum Gasteiger partial charge on any atom is -0.481 e. The summed E-state index contributed by atoms with van der Waals surface area (Å²) in [5.41, 5.74) is 2.72. The van der Waals surface area contributed by atoms with Crippen molar-refractivity contribution < 1.29 is 27.1 Å². The summed E-state index contributed by atoms with van der Waals surface area (Å²) in [6.07, 6.45) is -0.173. The van der Waals surface area contributed by atoms with E-state index >= 15 is 0 Å². The Hall–Kier alpha value is -3.29. The van der Waals surface area contributed by atoms with Crippen molar-refractivity contribution in [3.8, 4) is 11.1 Å². The first-order chi connectivity index (χ1) is 15.6. The van der Waals surface area contributed by atoms with Crippen LogP contribution < -0.4 is 0 Å². The molecule has 4 aromatic carbocycles. The van der Waals surface area contributed by atoms with Crippen LogP contribution in [-0.4, -0.2) is 19.5 Å². The lowest BCUT2D eigenvalue weighted by Crippen LogP contribution is -2.05. The van der Waals surface area contributed by atoms with Crippen molar-refractivity contribution in [2.24, 2.45) is 0 Å². The number of carboxylic acid groups (broad SMARTS) is 1. The largest absolute Gasteiger partial charge is 0.481 e. The average molecular weight is 487 g/mol. The van der Waals surface area contributed by atoms with E-state index in [1.807, 2.05) is 0 Å². The molecule has 0 saturated carbocycles. The van der Waals surface area contributed by atoms with Gasteiger partial charge in [0.15, 0.2) is 0 Å². The Morgan fingerprint density at radius 2 is 1.67 bits per heavy atom. The van der Waals surface area contributed by atoms with E-state index in [-0.39, 0.29) is 11.3 Å². The third-order valence-electron chi connectivity index (χ3n) is 5.45. The topological polar surface area (TPSA) is 71.4 Å². The normalized spacial score (nSPS) is 11.6. The molecule has 8 heteroatoms. The maximum atomic E-state index is 14.1. The Morgan fingerprint density at radius 3 is 2.30 bits per heavy atom. The van der Waals surface area contributed by atoms with Crippen molar-refractivity contribution >= 4 is 38.2 Å². The molecule has 0 aliphatic carbocycles. The number of carboxylic acids is 1. The lowest BCUT2D eigenvalue weighted by molar-refractivity contribution is -0.136. The number of fused-ring (bicyclic) bond motifs is 1. The van der Waals surface area contributed by atoms with Gasteiger partial charge in [-0.15, -0.1) is 0 Å². The van der Waals surface area contributed by atoms with E-state index in [0.29, 0.717) is 22.2 Å². The molecular weight excluding hydrogens is 470 g/mol. The number of aliphatic carboxylic acids is 1. The summed E-state index contributed by atoms with van der Waals surface area (Å²) in [5.74, 6) is -3.01. The molecule has 0 aromatic heterocycles. The van der Waals surface area contributed by atoms with E-state index in [4.69, 9.17) is 11.6 Å². The third-order valence-corrected chi connectivity index (χ3v) is 7.49. The minimum atomic E-state index is -4.21. The van der Waals surface area contributed by atoms with Gasteiger partial charge >= 0.3 is 5.97 Å². The predicted molar refractivity (Wildman–Crippen MR) is 122 cm³/mol. The standard InChI is InChI=1S/C25H17ClF2O4S/c1-14-17(11-24(29)30)10-16-2-5-18(26)12-21(16)25(14)15-3-7-20(8-4-15)33(31,32)23-9-6-19(27)13-22(23)28/h2-10,12-13H,11H2,1H3,(H,29,30). The lowest BCUT2D eigenvalue weighted by atomic mass is 9.89. The first kappa shape index (κ1) is 22.9. The molecule has 4 rings (SSSR count). The number of hydrogen-bond acceptors (Lipinski definition) is 3. The molecule has 0 saturated heterocycles. The number of sulfone groups is 1. The molecular formula is C25H17ClF2O4S. The number of hydrogen-bond donors (Lipinski definition) is 1. The molecule has 0 radical (unpaired) electrons.